The number of carbonyl (C=O) groups is 1. The highest BCUT2D eigenvalue weighted by molar-refractivity contribution is 5.91. The molecule has 5 nitrogen and oxygen atoms in total. The van der Waals surface area contributed by atoms with E-state index in [1.54, 1.807) is 25.4 Å². The van der Waals surface area contributed by atoms with E-state index < -0.39 is 0 Å². The number of carbonyl (C=O) groups excluding carboxylic acids is 1. The van der Waals surface area contributed by atoms with E-state index in [2.05, 4.69) is 31.1 Å². The number of aromatic nitrogens is 1. The number of ether oxygens (including phenoxy) is 1. The molecular formula is C15H23N3O2. The quantitative estimate of drug-likeness (QED) is 0.899. The summed E-state index contributed by atoms with van der Waals surface area (Å²) in [5.41, 5.74) is 0.613. The number of pyridine rings is 1. The number of urea groups is 1. The van der Waals surface area contributed by atoms with Crippen LogP contribution in [0.2, 0.25) is 0 Å². The predicted octanol–water partition coefficient (Wildman–Crippen LogP) is 3.13. The Bertz CT molecular complexity index is 472. The van der Waals surface area contributed by atoms with Crippen LogP contribution in [-0.2, 0) is 0 Å². The molecule has 0 aromatic carbocycles. The van der Waals surface area contributed by atoms with Gasteiger partial charge in [0, 0.05) is 18.3 Å². The van der Waals surface area contributed by atoms with Gasteiger partial charge in [0.05, 0.1) is 7.11 Å². The fraction of sp³-hybridized carbons (Fsp3) is 0.600. The van der Waals surface area contributed by atoms with Crippen LogP contribution in [0.5, 0.6) is 5.88 Å². The molecule has 1 aromatic rings. The zero-order valence-electron chi connectivity index (χ0n) is 12.6. The first kappa shape index (κ1) is 14.6. The third kappa shape index (κ3) is 3.21. The van der Waals surface area contributed by atoms with Crippen LogP contribution in [0.25, 0.3) is 0 Å². The van der Waals surface area contributed by atoms with Gasteiger partial charge in [-0.15, -0.1) is 0 Å². The molecule has 1 aliphatic carbocycles. The van der Waals surface area contributed by atoms with Gasteiger partial charge in [0.15, 0.2) is 0 Å². The van der Waals surface area contributed by atoms with Crippen LogP contribution in [0, 0.1) is 5.92 Å². The Morgan fingerprint density at radius 1 is 1.45 bits per heavy atom. The van der Waals surface area contributed by atoms with Crippen molar-refractivity contribution in [3.05, 3.63) is 18.3 Å². The molecule has 1 atom stereocenters. The van der Waals surface area contributed by atoms with E-state index in [9.17, 15) is 4.79 Å². The summed E-state index contributed by atoms with van der Waals surface area (Å²) in [4.78, 5) is 18.6. The summed E-state index contributed by atoms with van der Waals surface area (Å²) in [5, 5.41) is 2.92. The van der Waals surface area contributed by atoms with Gasteiger partial charge in [-0.25, -0.2) is 9.78 Å². The van der Waals surface area contributed by atoms with Crippen LogP contribution in [0.3, 0.4) is 0 Å². The number of hydrogen-bond donors (Lipinski definition) is 1. The molecule has 2 rings (SSSR count). The van der Waals surface area contributed by atoms with E-state index in [4.69, 9.17) is 4.74 Å². The molecule has 0 bridgehead atoms. The van der Waals surface area contributed by atoms with Crippen molar-refractivity contribution in [3.63, 3.8) is 0 Å². The SMILES string of the molecule is COc1ncccc1NC(=O)N(C1CC1)[C@H](C)C(C)C. The van der Waals surface area contributed by atoms with Gasteiger partial charge in [-0.2, -0.15) is 0 Å². The van der Waals surface area contributed by atoms with E-state index in [1.165, 1.54) is 0 Å². The molecule has 0 spiro atoms. The van der Waals surface area contributed by atoms with Crippen molar-refractivity contribution >= 4 is 11.7 Å². The summed E-state index contributed by atoms with van der Waals surface area (Å²) in [6.45, 7) is 6.37. The Morgan fingerprint density at radius 2 is 2.15 bits per heavy atom. The van der Waals surface area contributed by atoms with Crippen molar-refractivity contribution in [1.82, 2.24) is 9.88 Å². The lowest BCUT2D eigenvalue weighted by Gasteiger charge is -2.32. The molecule has 1 saturated carbocycles. The largest absolute Gasteiger partial charge is 0.480 e. The minimum absolute atomic E-state index is 0.0694. The van der Waals surface area contributed by atoms with Gasteiger partial charge in [0.1, 0.15) is 5.69 Å². The standard InChI is InChI=1S/C15H23N3O2/c1-10(2)11(3)18(12-7-8-12)15(19)17-13-6-5-9-16-14(13)20-4/h5-6,9-12H,7-8H2,1-4H3,(H,17,19)/t11-/m1/s1. The highest BCUT2D eigenvalue weighted by Gasteiger charge is 2.36. The summed E-state index contributed by atoms with van der Waals surface area (Å²) in [7, 11) is 1.55. The molecule has 0 aliphatic heterocycles. The van der Waals surface area contributed by atoms with Crippen LogP contribution >= 0.6 is 0 Å². The lowest BCUT2D eigenvalue weighted by atomic mass is 10.0. The molecule has 1 fully saturated rings. The van der Waals surface area contributed by atoms with E-state index in [-0.39, 0.29) is 12.1 Å². The predicted molar refractivity (Wildman–Crippen MR) is 79.0 cm³/mol. The average molecular weight is 277 g/mol. The lowest BCUT2D eigenvalue weighted by molar-refractivity contribution is 0.169. The van der Waals surface area contributed by atoms with Crippen LogP contribution in [0.4, 0.5) is 10.5 Å². The van der Waals surface area contributed by atoms with Gasteiger partial charge in [0.25, 0.3) is 0 Å². The van der Waals surface area contributed by atoms with E-state index in [0.29, 0.717) is 23.5 Å². The minimum atomic E-state index is -0.0694. The Balaban J connectivity index is 2.12. The third-order valence-electron chi connectivity index (χ3n) is 3.78. The Morgan fingerprint density at radius 3 is 2.70 bits per heavy atom. The lowest BCUT2D eigenvalue weighted by Crippen LogP contribution is -2.45. The fourth-order valence-corrected chi connectivity index (χ4v) is 2.19. The second-order valence-corrected chi connectivity index (χ2v) is 5.61. The van der Waals surface area contributed by atoms with E-state index in [0.717, 1.165) is 12.8 Å². The van der Waals surface area contributed by atoms with Crippen molar-refractivity contribution in [2.75, 3.05) is 12.4 Å². The van der Waals surface area contributed by atoms with Gasteiger partial charge in [-0.05, 0) is 37.8 Å². The summed E-state index contributed by atoms with van der Waals surface area (Å²) in [6, 6.07) is 4.10. The molecule has 0 unspecified atom stereocenters. The molecular weight excluding hydrogens is 254 g/mol. The van der Waals surface area contributed by atoms with Gasteiger partial charge < -0.3 is 15.0 Å². The van der Waals surface area contributed by atoms with Crippen molar-refractivity contribution < 1.29 is 9.53 Å². The summed E-state index contributed by atoms with van der Waals surface area (Å²) in [6.07, 6.45) is 3.83. The summed E-state index contributed by atoms with van der Waals surface area (Å²) in [5.74, 6) is 0.867. The number of rotatable bonds is 5. The average Bonchev–Trinajstić information content (AvgIpc) is 3.24. The number of amides is 2. The molecule has 1 aromatic heterocycles. The molecule has 2 amide bonds. The maximum absolute atomic E-state index is 12.5. The molecule has 1 N–H and O–H groups in total. The maximum atomic E-state index is 12.5. The number of hydrogen-bond acceptors (Lipinski definition) is 3. The van der Waals surface area contributed by atoms with Crippen LogP contribution in [-0.4, -0.2) is 35.1 Å². The number of anilines is 1. The molecule has 20 heavy (non-hydrogen) atoms. The second kappa shape index (κ2) is 6.11. The summed E-state index contributed by atoms with van der Waals surface area (Å²) >= 11 is 0. The van der Waals surface area contributed by atoms with Crippen molar-refractivity contribution in [2.24, 2.45) is 5.92 Å². The Kier molecular flexibility index (Phi) is 4.47. The topological polar surface area (TPSA) is 54.5 Å². The molecule has 1 heterocycles. The Hall–Kier alpha value is -1.78. The van der Waals surface area contributed by atoms with Crippen LogP contribution < -0.4 is 10.1 Å². The molecule has 1 aliphatic rings. The smallest absolute Gasteiger partial charge is 0.322 e. The second-order valence-electron chi connectivity index (χ2n) is 5.61. The van der Waals surface area contributed by atoms with E-state index >= 15 is 0 Å². The van der Waals surface area contributed by atoms with Crippen molar-refractivity contribution in [1.29, 1.82) is 0 Å². The zero-order valence-corrected chi connectivity index (χ0v) is 12.6. The number of nitrogens with one attached hydrogen (secondary N) is 1. The minimum Gasteiger partial charge on any atom is -0.480 e. The van der Waals surface area contributed by atoms with Crippen molar-refractivity contribution in [2.45, 2.75) is 45.7 Å². The van der Waals surface area contributed by atoms with E-state index in [1.807, 2.05) is 4.90 Å². The highest BCUT2D eigenvalue weighted by atomic mass is 16.5. The normalized spacial score (nSPS) is 15.8. The zero-order chi connectivity index (χ0) is 14.7. The first-order valence-electron chi connectivity index (χ1n) is 7.13. The first-order valence-corrected chi connectivity index (χ1v) is 7.13. The third-order valence-corrected chi connectivity index (χ3v) is 3.78. The number of nitrogens with zero attached hydrogens (tertiary/aromatic N) is 2. The molecule has 0 radical (unpaired) electrons. The van der Waals surface area contributed by atoms with Crippen molar-refractivity contribution in [3.8, 4) is 5.88 Å². The molecule has 0 saturated heterocycles. The van der Waals surface area contributed by atoms with Gasteiger partial charge in [-0.3, -0.25) is 0 Å². The Labute approximate surface area is 120 Å². The highest BCUT2D eigenvalue weighted by Crippen LogP contribution is 2.32. The van der Waals surface area contributed by atoms with Gasteiger partial charge >= 0.3 is 6.03 Å². The summed E-state index contributed by atoms with van der Waals surface area (Å²) < 4.78 is 5.17. The van der Waals surface area contributed by atoms with Crippen LogP contribution in [0.15, 0.2) is 18.3 Å². The van der Waals surface area contributed by atoms with Crippen LogP contribution in [0.1, 0.15) is 33.6 Å². The number of methoxy groups -OCH3 is 1. The van der Waals surface area contributed by atoms with Gasteiger partial charge in [-0.1, -0.05) is 13.8 Å². The molecule has 110 valence electrons. The fourth-order valence-electron chi connectivity index (χ4n) is 2.19. The molecule has 5 heteroatoms. The monoisotopic (exact) mass is 277 g/mol. The maximum Gasteiger partial charge on any atom is 0.322 e. The van der Waals surface area contributed by atoms with Gasteiger partial charge in [0.2, 0.25) is 5.88 Å². The first-order chi connectivity index (χ1) is 9.54.